The number of furan rings is 1. The fourth-order valence-electron chi connectivity index (χ4n) is 3.13. The molecule has 8 heteroatoms. The van der Waals surface area contributed by atoms with Gasteiger partial charge in [0.15, 0.2) is 5.96 Å². The Morgan fingerprint density at radius 3 is 2.64 bits per heavy atom. The highest BCUT2D eigenvalue weighted by Gasteiger charge is 2.25. The molecule has 8 nitrogen and oxygen atoms in total. The second kappa shape index (κ2) is 10.4. The summed E-state index contributed by atoms with van der Waals surface area (Å²) in [6.07, 6.45) is 3.84. The Morgan fingerprint density at radius 1 is 1.36 bits per heavy atom. The topological polar surface area (TPSA) is 82.3 Å². The third-order valence-electron chi connectivity index (χ3n) is 4.58. The molecule has 2 N–H and O–H groups in total. The van der Waals surface area contributed by atoms with Crippen LogP contribution in [-0.2, 0) is 4.74 Å². The van der Waals surface area contributed by atoms with E-state index in [0.29, 0.717) is 25.6 Å². The molecule has 2 rings (SSSR count). The van der Waals surface area contributed by atoms with E-state index in [2.05, 4.69) is 20.5 Å². The molecule has 0 aromatic carbocycles. The van der Waals surface area contributed by atoms with E-state index >= 15 is 0 Å². The molecule has 1 aromatic rings. The van der Waals surface area contributed by atoms with E-state index in [1.807, 2.05) is 32.9 Å². The van der Waals surface area contributed by atoms with Crippen LogP contribution in [-0.4, -0.2) is 74.3 Å². The van der Waals surface area contributed by atoms with E-state index in [9.17, 15) is 4.79 Å². The average Bonchev–Trinajstić information content (AvgIpc) is 3.33. The lowest BCUT2D eigenvalue weighted by Gasteiger charge is -2.27. The fourth-order valence-corrected chi connectivity index (χ4v) is 3.13. The molecule has 0 bridgehead atoms. The Balaban J connectivity index is 1.79. The van der Waals surface area contributed by atoms with Gasteiger partial charge in [-0.1, -0.05) is 0 Å². The first kappa shape index (κ1) is 22.1. The number of carbonyl (C=O) groups excluding carboxylic acids is 1. The number of rotatable bonds is 7. The van der Waals surface area contributed by atoms with Gasteiger partial charge in [-0.15, -0.1) is 0 Å². The number of aliphatic imine (C=N–C) groups is 1. The van der Waals surface area contributed by atoms with Crippen molar-refractivity contribution in [3.63, 3.8) is 0 Å². The molecular weight excluding hydrogens is 358 g/mol. The number of carbonyl (C=O) groups is 1. The van der Waals surface area contributed by atoms with E-state index < -0.39 is 5.60 Å². The van der Waals surface area contributed by atoms with Gasteiger partial charge in [-0.05, 0) is 58.8 Å². The minimum absolute atomic E-state index is 0.181. The summed E-state index contributed by atoms with van der Waals surface area (Å²) in [6, 6.07) is 4.13. The molecule has 2 heterocycles. The smallest absolute Gasteiger partial charge is 0.410 e. The van der Waals surface area contributed by atoms with Crippen molar-refractivity contribution in [2.24, 2.45) is 4.99 Å². The predicted molar refractivity (Wildman–Crippen MR) is 110 cm³/mol. The third kappa shape index (κ3) is 7.07. The number of nitrogens with zero attached hydrogens (tertiary/aromatic N) is 3. The average molecular weight is 394 g/mol. The fraction of sp³-hybridized carbons (Fsp3) is 0.700. The van der Waals surface area contributed by atoms with Crippen LogP contribution in [0.1, 0.15) is 45.4 Å². The Hall–Kier alpha value is -2.22. The zero-order chi connectivity index (χ0) is 20.6. The second-order valence-corrected chi connectivity index (χ2v) is 8.06. The first-order chi connectivity index (χ1) is 13.3. The van der Waals surface area contributed by atoms with Crippen molar-refractivity contribution in [3.05, 3.63) is 24.2 Å². The van der Waals surface area contributed by atoms with Crippen LogP contribution >= 0.6 is 0 Å². The van der Waals surface area contributed by atoms with Crippen molar-refractivity contribution in [3.8, 4) is 0 Å². The van der Waals surface area contributed by atoms with Gasteiger partial charge in [-0.2, -0.15) is 0 Å². The Labute approximate surface area is 168 Å². The maximum atomic E-state index is 12.0. The number of hydrogen-bond donors (Lipinski definition) is 2. The maximum Gasteiger partial charge on any atom is 0.410 e. The normalized spacial score (nSPS) is 16.7. The molecule has 0 spiro atoms. The maximum absolute atomic E-state index is 12.0. The van der Waals surface area contributed by atoms with Crippen LogP contribution in [0.3, 0.4) is 0 Å². The summed E-state index contributed by atoms with van der Waals surface area (Å²) in [6.45, 7) is 9.54. The molecule has 1 aromatic heterocycles. The highest BCUT2D eigenvalue weighted by Crippen LogP contribution is 2.24. The van der Waals surface area contributed by atoms with Crippen LogP contribution < -0.4 is 10.6 Å². The molecule has 1 aliphatic heterocycles. The van der Waals surface area contributed by atoms with Crippen LogP contribution in [0.5, 0.6) is 0 Å². The molecule has 1 unspecified atom stereocenters. The largest absolute Gasteiger partial charge is 0.468 e. The lowest BCUT2D eigenvalue weighted by atomic mass is 10.2. The quantitative estimate of drug-likeness (QED) is 0.547. The van der Waals surface area contributed by atoms with Crippen LogP contribution in [0.4, 0.5) is 4.79 Å². The molecule has 1 atom stereocenters. The number of amides is 1. The highest BCUT2D eigenvalue weighted by molar-refractivity contribution is 5.79. The van der Waals surface area contributed by atoms with Crippen LogP contribution in [0.2, 0.25) is 0 Å². The van der Waals surface area contributed by atoms with Crippen LogP contribution in [0.15, 0.2) is 27.8 Å². The zero-order valence-corrected chi connectivity index (χ0v) is 17.8. The number of hydrogen-bond acceptors (Lipinski definition) is 5. The molecule has 0 aliphatic carbocycles. The summed E-state index contributed by atoms with van der Waals surface area (Å²) >= 11 is 0. The van der Waals surface area contributed by atoms with Gasteiger partial charge in [0.05, 0.1) is 12.3 Å². The monoisotopic (exact) mass is 393 g/mol. The van der Waals surface area contributed by atoms with Crippen molar-refractivity contribution in [2.75, 3.05) is 46.8 Å². The molecule has 0 saturated carbocycles. The number of likely N-dealkylation sites (N-methyl/N-ethyl adjacent to an activating group) is 1. The molecule has 1 saturated heterocycles. The summed E-state index contributed by atoms with van der Waals surface area (Å²) in [4.78, 5) is 20.3. The molecular formula is C20H35N5O3. The molecule has 1 amide bonds. The molecule has 1 aliphatic rings. The van der Waals surface area contributed by atoms with Gasteiger partial charge in [-0.3, -0.25) is 9.89 Å². The lowest BCUT2D eigenvalue weighted by Crippen LogP contribution is -2.45. The summed E-state index contributed by atoms with van der Waals surface area (Å²) in [5, 5.41) is 6.63. The molecule has 158 valence electrons. The lowest BCUT2D eigenvalue weighted by molar-refractivity contribution is 0.0302. The predicted octanol–water partition coefficient (Wildman–Crippen LogP) is 2.45. The first-order valence-electron chi connectivity index (χ1n) is 9.96. The van der Waals surface area contributed by atoms with E-state index in [1.165, 1.54) is 12.8 Å². The third-order valence-corrected chi connectivity index (χ3v) is 4.58. The Kier molecular flexibility index (Phi) is 8.17. The zero-order valence-electron chi connectivity index (χ0n) is 17.8. The van der Waals surface area contributed by atoms with E-state index in [0.717, 1.165) is 18.8 Å². The molecule has 0 radical (unpaired) electrons. The van der Waals surface area contributed by atoms with E-state index in [1.54, 1.807) is 25.3 Å². The van der Waals surface area contributed by atoms with Gasteiger partial charge in [-0.25, -0.2) is 4.79 Å². The molecule has 28 heavy (non-hydrogen) atoms. The Morgan fingerprint density at radius 2 is 2.07 bits per heavy atom. The summed E-state index contributed by atoms with van der Waals surface area (Å²) in [5.74, 6) is 1.67. The van der Waals surface area contributed by atoms with Gasteiger partial charge in [0.25, 0.3) is 0 Å². The van der Waals surface area contributed by atoms with Gasteiger partial charge in [0, 0.05) is 33.7 Å². The summed E-state index contributed by atoms with van der Waals surface area (Å²) in [5.41, 5.74) is -0.493. The van der Waals surface area contributed by atoms with Crippen molar-refractivity contribution in [2.45, 2.75) is 45.3 Å². The number of guanidine groups is 1. The van der Waals surface area contributed by atoms with Crippen molar-refractivity contribution < 1.29 is 13.9 Å². The van der Waals surface area contributed by atoms with Gasteiger partial charge >= 0.3 is 6.09 Å². The second-order valence-electron chi connectivity index (χ2n) is 8.06. The van der Waals surface area contributed by atoms with E-state index in [-0.39, 0.29) is 12.1 Å². The standard InChI is InChI=1S/C20H35N5O3/c1-20(2,3)28-19(26)24(5)13-10-22-18(21-4)23-15-16(17-9-8-14-27-17)25-11-6-7-12-25/h8-9,14,16H,6-7,10-13,15H2,1-5H3,(H2,21,22,23). The minimum atomic E-state index is -0.493. The van der Waals surface area contributed by atoms with Crippen molar-refractivity contribution >= 4 is 12.1 Å². The minimum Gasteiger partial charge on any atom is -0.468 e. The summed E-state index contributed by atoms with van der Waals surface area (Å²) in [7, 11) is 3.47. The van der Waals surface area contributed by atoms with Crippen LogP contribution in [0, 0.1) is 0 Å². The molecule has 1 fully saturated rings. The SMILES string of the molecule is CN=C(NCCN(C)C(=O)OC(C)(C)C)NCC(c1ccco1)N1CCCC1. The van der Waals surface area contributed by atoms with E-state index in [4.69, 9.17) is 9.15 Å². The van der Waals surface area contributed by atoms with Crippen molar-refractivity contribution in [1.29, 1.82) is 0 Å². The summed E-state index contributed by atoms with van der Waals surface area (Å²) < 4.78 is 11.0. The first-order valence-corrected chi connectivity index (χ1v) is 9.96. The number of ether oxygens (including phenoxy) is 1. The van der Waals surface area contributed by atoms with Crippen molar-refractivity contribution in [1.82, 2.24) is 20.4 Å². The highest BCUT2D eigenvalue weighted by atomic mass is 16.6. The number of nitrogens with one attached hydrogen (secondary N) is 2. The van der Waals surface area contributed by atoms with Crippen LogP contribution in [0.25, 0.3) is 0 Å². The van der Waals surface area contributed by atoms with Gasteiger partial charge in [0.1, 0.15) is 11.4 Å². The van der Waals surface area contributed by atoms with Gasteiger partial charge in [0.2, 0.25) is 0 Å². The van der Waals surface area contributed by atoms with Gasteiger partial charge < -0.3 is 24.7 Å². The number of likely N-dealkylation sites (tertiary alicyclic amines) is 1. The Bertz CT molecular complexity index is 618.